The Morgan fingerprint density at radius 3 is 2.81 bits per heavy atom. The van der Waals surface area contributed by atoms with E-state index in [4.69, 9.17) is 9.47 Å². The van der Waals surface area contributed by atoms with Crippen molar-refractivity contribution in [1.29, 1.82) is 0 Å². The van der Waals surface area contributed by atoms with E-state index < -0.39 is 0 Å². The lowest BCUT2D eigenvalue weighted by molar-refractivity contribution is 0.0424. The largest absolute Gasteiger partial charge is 0.379 e. The maximum Gasteiger partial charge on any atom is 0.191 e. The fourth-order valence-corrected chi connectivity index (χ4v) is 2.65. The molecule has 1 aromatic rings. The number of aliphatic imine (C=N–C) groups is 1. The number of ether oxygens (including phenoxy) is 2. The van der Waals surface area contributed by atoms with Gasteiger partial charge in [-0.1, -0.05) is 18.2 Å². The van der Waals surface area contributed by atoms with Crippen molar-refractivity contribution in [1.82, 2.24) is 10.6 Å². The van der Waals surface area contributed by atoms with Crippen LogP contribution in [0, 0.1) is 0 Å². The summed E-state index contributed by atoms with van der Waals surface area (Å²) in [7, 11) is 2.10. The molecule has 7 heteroatoms. The van der Waals surface area contributed by atoms with Crippen molar-refractivity contribution in [3.8, 4) is 0 Å². The van der Waals surface area contributed by atoms with Gasteiger partial charge in [0.25, 0.3) is 0 Å². The number of para-hydroxylation sites is 1. The normalized spacial score (nSPS) is 16.8. The fraction of sp³-hybridized carbons (Fsp3) is 0.632. The molecule has 0 saturated carbocycles. The molecule has 0 aliphatic carbocycles. The first-order chi connectivity index (χ1) is 12.3. The van der Waals surface area contributed by atoms with Gasteiger partial charge in [0.2, 0.25) is 0 Å². The number of guanidine groups is 1. The van der Waals surface area contributed by atoms with Crippen LogP contribution < -0.4 is 15.5 Å². The maximum absolute atomic E-state index is 5.76. The Bertz CT molecular complexity index is 496. The molecular weight excluding hydrogens is 443 g/mol. The van der Waals surface area contributed by atoms with Crippen molar-refractivity contribution in [3.63, 3.8) is 0 Å². The van der Waals surface area contributed by atoms with E-state index in [2.05, 4.69) is 58.8 Å². The summed E-state index contributed by atoms with van der Waals surface area (Å²) >= 11 is 0. The molecule has 1 saturated heterocycles. The minimum atomic E-state index is 0. The van der Waals surface area contributed by atoms with E-state index in [-0.39, 0.29) is 30.1 Å². The summed E-state index contributed by atoms with van der Waals surface area (Å²) in [6.07, 6.45) is 2.23. The van der Waals surface area contributed by atoms with Gasteiger partial charge in [0.1, 0.15) is 0 Å². The van der Waals surface area contributed by atoms with E-state index in [0.29, 0.717) is 0 Å². The van der Waals surface area contributed by atoms with E-state index in [9.17, 15) is 0 Å². The van der Waals surface area contributed by atoms with E-state index in [0.717, 1.165) is 64.8 Å². The molecular formula is C19H33IN4O2. The molecule has 1 fully saturated rings. The first kappa shape index (κ1) is 23.0. The van der Waals surface area contributed by atoms with Gasteiger partial charge in [-0.25, -0.2) is 0 Å². The molecule has 0 aromatic heterocycles. The van der Waals surface area contributed by atoms with Crippen LogP contribution in [-0.4, -0.2) is 65.1 Å². The van der Waals surface area contributed by atoms with Crippen LogP contribution in [0.1, 0.15) is 19.8 Å². The molecule has 0 radical (unpaired) electrons. The summed E-state index contributed by atoms with van der Waals surface area (Å²) in [6, 6.07) is 10.4. The maximum atomic E-state index is 5.76. The number of hydrogen-bond donors (Lipinski definition) is 2. The summed E-state index contributed by atoms with van der Waals surface area (Å²) in [5, 5.41) is 6.68. The van der Waals surface area contributed by atoms with Crippen LogP contribution in [0.25, 0.3) is 0 Å². The molecule has 1 unspecified atom stereocenters. The number of nitrogens with zero attached hydrogens (tertiary/aromatic N) is 2. The Hall–Kier alpha value is -1.06. The molecule has 1 aromatic carbocycles. The minimum absolute atomic E-state index is 0. The first-order valence-corrected chi connectivity index (χ1v) is 9.27. The smallest absolute Gasteiger partial charge is 0.191 e. The minimum Gasteiger partial charge on any atom is -0.379 e. The molecule has 0 spiro atoms. The highest BCUT2D eigenvalue weighted by Gasteiger charge is 2.15. The van der Waals surface area contributed by atoms with Crippen molar-refractivity contribution in [2.75, 3.05) is 57.9 Å². The molecule has 0 amide bonds. The molecule has 0 bridgehead atoms. The molecule has 148 valence electrons. The number of benzene rings is 1. The number of halogens is 1. The van der Waals surface area contributed by atoms with Gasteiger partial charge < -0.3 is 25.0 Å². The van der Waals surface area contributed by atoms with Crippen molar-refractivity contribution in [2.24, 2.45) is 4.99 Å². The van der Waals surface area contributed by atoms with Crippen LogP contribution in [0.4, 0.5) is 5.69 Å². The number of likely N-dealkylation sites (N-methyl/N-ethyl adjacent to an activating group) is 1. The van der Waals surface area contributed by atoms with E-state index in [1.165, 1.54) is 5.69 Å². The van der Waals surface area contributed by atoms with Crippen molar-refractivity contribution in [3.05, 3.63) is 30.3 Å². The lowest BCUT2D eigenvalue weighted by Crippen LogP contribution is -2.41. The van der Waals surface area contributed by atoms with Crippen molar-refractivity contribution < 1.29 is 9.47 Å². The lowest BCUT2D eigenvalue weighted by Gasteiger charge is -2.20. The van der Waals surface area contributed by atoms with Crippen LogP contribution in [0.3, 0.4) is 0 Å². The van der Waals surface area contributed by atoms with Gasteiger partial charge in [-0.3, -0.25) is 4.99 Å². The van der Waals surface area contributed by atoms with Crippen LogP contribution in [0.5, 0.6) is 0 Å². The summed E-state index contributed by atoms with van der Waals surface area (Å²) in [6.45, 7) is 7.77. The van der Waals surface area contributed by atoms with Crippen LogP contribution in [-0.2, 0) is 9.47 Å². The third-order valence-electron chi connectivity index (χ3n) is 4.09. The fourth-order valence-electron chi connectivity index (χ4n) is 2.65. The zero-order valence-electron chi connectivity index (χ0n) is 15.9. The Morgan fingerprint density at radius 2 is 2.12 bits per heavy atom. The molecule has 1 aliphatic rings. The van der Waals surface area contributed by atoms with Gasteiger partial charge in [0.15, 0.2) is 5.96 Å². The third kappa shape index (κ3) is 9.05. The van der Waals surface area contributed by atoms with Crippen molar-refractivity contribution >= 4 is 35.6 Å². The Labute approximate surface area is 174 Å². The number of rotatable bonds is 10. The second-order valence-corrected chi connectivity index (χ2v) is 6.15. The highest BCUT2D eigenvalue weighted by atomic mass is 127. The summed E-state index contributed by atoms with van der Waals surface area (Å²) in [4.78, 5) is 6.84. The van der Waals surface area contributed by atoms with Gasteiger partial charge in [-0.2, -0.15) is 0 Å². The zero-order valence-corrected chi connectivity index (χ0v) is 18.3. The Kier molecular flexibility index (Phi) is 12.4. The van der Waals surface area contributed by atoms with Crippen molar-refractivity contribution in [2.45, 2.75) is 25.9 Å². The average Bonchev–Trinajstić information content (AvgIpc) is 3.15. The monoisotopic (exact) mass is 476 g/mol. The molecule has 1 heterocycles. The first-order valence-electron chi connectivity index (χ1n) is 9.27. The standard InChI is InChI=1S/C19H32N4O2.HI/c1-3-20-19(21-11-7-14-25-18-10-15-24-16-18)22-12-13-23(2)17-8-5-4-6-9-17;/h4-6,8-9,18H,3,7,10-16H2,1-2H3,(H2,20,21,22);1H. The Balaban J connectivity index is 0.00000338. The van der Waals surface area contributed by atoms with E-state index >= 15 is 0 Å². The van der Waals surface area contributed by atoms with E-state index in [1.54, 1.807) is 0 Å². The second kappa shape index (κ2) is 14.1. The zero-order chi connectivity index (χ0) is 17.7. The molecule has 1 aliphatic heterocycles. The highest BCUT2D eigenvalue weighted by molar-refractivity contribution is 14.0. The topological polar surface area (TPSA) is 58.1 Å². The quantitative estimate of drug-likeness (QED) is 0.235. The molecule has 6 nitrogen and oxygen atoms in total. The van der Waals surface area contributed by atoms with Crippen LogP contribution in [0.2, 0.25) is 0 Å². The summed E-state index contributed by atoms with van der Waals surface area (Å²) in [5.74, 6) is 0.869. The molecule has 26 heavy (non-hydrogen) atoms. The number of hydrogen-bond acceptors (Lipinski definition) is 4. The van der Waals surface area contributed by atoms with Gasteiger partial charge in [-0.05, 0) is 31.9 Å². The third-order valence-corrected chi connectivity index (χ3v) is 4.09. The SMILES string of the molecule is CCNC(=NCCCOC1CCOC1)NCCN(C)c1ccccc1.I. The van der Waals surface area contributed by atoms with Gasteiger partial charge >= 0.3 is 0 Å². The second-order valence-electron chi connectivity index (χ2n) is 6.15. The summed E-state index contributed by atoms with van der Waals surface area (Å²) in [5.41, 5.74) is 1.22. The molecule has 2 N–H and O–H groups in total. The van der Waals surface area contributed by atoms with Crippen LogP contribution in [0.15, 0.2) is 35.3 Å². The Morgan fingerprint density at radius 1 is 1.31 bits per heavy atom. The average molecular weight is 476 g/mol. The van der Waals surface area contributed by atoms with Gasteiger partial charge in [0, 0.05) is 52.1 Å². The van der Waals surface area contributed by atoms with Gasteiger partial charge in [-0.15, -0.1) is 24.0 Å². The summed E-state index contributed by atoms with van der Waals surface area (Å²) < 4.78 is 11.1. The highest BCUT2D eigenvalue weighted by Crippen LogP contribution is 2.10. The number of anilines is 1. The molecule has 1 atom stereocenters. The lowest BCUT2D eigenvalue weighted by atomic mass is 10.3. The van der Waals surface area contributed by atoms with Gasteiger partial charge in [0.05, 0.1) is 12.7 Å². The number of nitrogens with one attached hydrogen (secondary N) is 2. The van der Waals surface area contributed by atoms with E-state index in [1.807, 2.05) is 6.07 Å². The molecule has 2 rings (SSSR count). The predicted molar refractivity (Wildman–Crippen MR) is 119 cm³/mol. The predicted octanol–water partition coefficient (Wildman–Crippen LogP) is 2.49. The van der Waals surface area contributed by atoms with Crippen LogP contribution >= 0.6 is 24.0 Å².